The van der Waals surface area contributed by atoms with Gasteiger partial charge >= 0.3 is 0 Å². The van der Waals surface area contributed by atoms with Gasteiger partial charge in [-0.2, -0.15) is 15.5 Å². The number of hydrogen-bond acceptors (Lipinski definition) is 4. The summed E-state index contributed by atoms with van der Waals surface area (Å²) >= 11 is 0. The van der Waals surface area contributed by atoms with Crippen molar-refractivity contribution >= 4 is 22.6 Å². The SMILES string of the molecule is Cc1cc2c(NC(=O)c3cnn(-c4ccc(F)cc4)c3)n[nH]c2cc1C#N. The Balaban J connectivity index is 1.60. The highest BCUT2D eigenvalue weighted by Crippen LogP contribution is 2.24. The summed E-state index contributed by atoms with van der Waals surface area (Å²) < 4.78 is 14.5. The van der Waals surface area contributed by atoms with Crippen LogP contribution in [0.5, 0.6) is 0 Å². The Morgan fingerprint density at radius 2 is 2.07 bits per heavy atom. The third-order valence-electron chi connectivity index (χ3n) is 4.20. The molecule has 0 radical (unpaired) electrons. The molecule has 2 heterocycles. The number of halogens is 1. The molecule has 132 valence electrons. The maximum Gasteiger partial charge on any atom is 0.260 e. The molecule has 0 bridgehead atoms. The van der Waals surface area contributed by atoms with E-state index in [2.05, 4.69) is 26.7 Å². The van der Waals surface area contributed by atoms with E-state index in [1.54, 1.807) is 30.5 Å². The first-order chi connectivity index (χ1) is 13.0. The standard InChI is InChI=1S/C19H13FN6O/c1-11-6-16-17(7-12(11)8-21)24-25-18(16)23-19(27)13-9-22-26(10-13)15-4-2-14(20)3-5-15/h2-7,9-10H,1H3,(H2,23,24,25,27). The van der Waals surface area contributed by atoms with Crippen LogP contribution in [0.3, 0.4) is 0 Å². The Kier molecular flexibility index (Phi) is 3.90. The van der Waals surface area contributed by atoms with E-state index >= 15 is 0 Å². The van der Waals surface area contributed by atoms with Crippen molar-refractivity contribution in [3.63, 3.8) is 0 Å². The fraction of sp³-hybridized carbons (Fsp3) is 0.0526. The number of nitriles is 1. The molecule has 2 aromatic carbocycles. The van der Waals surface area contributed by atoms with Crippen LogP contribution in [-0.2, 0) is 0 Å². The molecular weight excluding hydrogens is 347 g/mol. The van der Waals surface area contributed by atoms with Crippen molar-refractivity contribution in [1.29, 1.82) is 5.26 Å². The van der Waals surface area contributed by atoms with Gasteiger partial charge in [0.05, 0.1) is 34.6 Å². The number of fused-ring (bicyclic) bond motifs is 1. The molecule has 0 aliphatic rings. The summed E-state index contributed by atoms with van der Waals surface area (Å²) in [5.41, 5.74) is 2.98. The van der Waals surface area contributed by atoms with Gasteiger partial charge in [-0.15, -0.1) is 0 Å². The zero-order chi connectivity index (χ0) is 19.0. The smallest absolute Gasteiger partial charge is 0.260 e. The molecule has 0 aliphatic carbocycles. The van der Waals surface area contributed by atoms with Gasteiger partial charge in [-0.3, -0.25) is 9.89 Å². The molecule has 0 saturated heterocycles. The number of aromatic amines is 1. The Bertz CT molecular complexity index is 1200. The van der Waals surface area contributed by atoms with Crippen LogP contribution in [-0.4, -0.2) is 25.9 Å². The second-order valence-electron chi connectivity index (χ2n) is 6.00. The maximum atomic E-state index is 13.0. The number of H-pyrrole nitrogens is 1. The third-order valence-corrected chi connectivity index (χ3v) is 4.20. The summed E-state index contributed by atoms with van der Waals surface area (Å²) in [6, 6.07) is 11.4. The highest BCUT2D eigenvalue weighted by Gasteiger charge is 2.14. The van der Waals surface area contributed by atoms with Gasteiger partial charge in [0.15, 0.2) is 5.82 Å². The number of aryl methyl sites for hydroxylation is 1. The summed E-state index contributed by atoms with van der Waals surface area (Å²) in [6.45, 7) is 1.82. The predicted octanol–water partition coefficient (Wildman–Crippen LogP) is 3.32. The number of carbonyl (C=O) groups excluding carboxylic acids is 1. The zero-order valence-electron chi connectivity index (χ0n) is 14.2. The lowest BCUT2D eigenvalue weighted by Gasteiger charge is -2.02. The highest BCUT2D eigenvalue weighted by molar-refractivity contribution is 6.07. The molecule has 4 rings (SSSR count). The van der Waals surface area contributed by atoms with Gasteiger partial charge in [-0.1, -0.05) is 0 Å². The number of carbonyl (C=O) groups is 1. The molecular formula is C19H13FN6O. The van der Waals surface area contributed by atoms with Gasteiger partial charge in [0.1, 0.15) is 5.82 Å². The topological polar surface area (TPSA) is 99.4 Å². The van der Waals surface area contributed by atoms with Crippen molar-refractivity contribution in [2.45, 2.75) is 6.92 Å². The summed E-state index contributed by atoms with van der Waals surface area (Å²) in [5.74, 6) is -0.347. The lowest BCUT2D eigenvalue weighted by Crippen LogP contribution is -2.11. The predicted molar refractivity (Wildman–Crippen MR) is 97.0 cm³/mol. The van der Waals surface area contributed by atoms with E-state index in [0.29, 0.717) is 33.5 Å². The molecule has 0 saturated carbocycles. The Labute approximate surface area is 153 Å². The van der Waals surface area contributed by atoms with E-state index in [4.69, 9.17) is 5.26 Å². The molecule has 4 aromatic rings. The normalized spacial score (nSPS) is 10.7. The molecule has 1 amide bonds. The van der Waals surface area contributed by atoms with E-state index in [1.807, 2.05) is 6.92 Å². The van der Waals surface area contributed by atoms with Gasteiger partial charge < -0.3 is 5.32 Å². The van der Waals surface area contributed by atoms with Crippen molar-refractivity contribution in [1.82, 2.24) is 20.0 Å². The number of anilines is 1. The van der Waals surface area contributed by atoms with Gasteiger partial charge in [0.2, 0.25) is 0 Å². The summed E-state index contributed by atoms with van der Waals surface area (Å²) in [5, 5.41) is 23.6. The Morgan fingerprint density at radius 1 is 1.30 bits per heavy atom. The van der Waals surface area contributed by atoms with E-state index in [0.717, 1.165) is 5.56 Å². The second-order valence-corrected chi connectivity index (χ2v) is 6.00. The average molecular weight is 360 g/mol. The van der Waals surface area contributed by atoms with Gasteiger partial charge in [0, 0.05) is 11.6 Å². The molecule has 0 aliphatic heterocycles. The van der Waals surface area contributed by atoms with Crippen LogP contribution in [0.1, 0.15) is 21.5 Å². The fourth-order valence-electron chi connectivity index (χ4n) is 2.74. The van der Waals surface area contributed by atoms with Crippen LogP contribution in [0.4, 0.5) is 10.2 Å². The molecule has 2 N–H and O–H groups in total. The van der Waals surface area contributed by atoms with E-state index < -0.39 is 0 Å². The highest BCUT2D eigenvalue weighted by atomic mass is 19.1. The van der Waals surface area contributed by atoms with Crippen molar-refractivity contribution in [3.05, 3.63) is 71.3 Å². The Hall–Kier alpha value is -3.99. The molecule has 0 atom stereocenters. The van der Waals surface area contributed by atoms with Crippen molar-refractivity contribution < 1.29 is 9.18 Å². The van der Waals surface area contributed by atoms with E-state index in [9.17, 15) is 9.18 Å². The summed E-state index contributed by atoms with van der Waals surface area (Å²) in [7, 11) is 0. The zero-order valence-corrected chi connectivity index (χ0v) is 14.2. The fourth-order valence-corrected chi connectivity index (χ4v) is 2.74. The lowest BCUT2D eigenvalue weighted by molar-refractivity contribution is 0.102. The van der Waals surface area contributed by atoms with Crippen LogP contribution < -0.4 is 5.32 Å². The van der Waals surface area contributed by atoms with Gasteiger partial charge in [-0.25, -0.2) is 9.07 Å². The van der Waals surface area contributed by atoms with Crippen molar-refractivity contribution in [2.75, 3.05) is 5.32 Å². The molecule has 8 heteroatoms. The lowest BCUT2D eigenvalue weighted by atomic mass is 10.1. The van der Waals surface area contributed by atoms with Gasteiger partial charge in [0.25, 0.3) is 5.91 Å². The number of benzene rings is 2. The molecule has 0 unspecified atom stereocenters. The largest absolute Gasteiger partial charge is 0.304 e. The summed E-state index contributed by atoms with van der Waals surface area (Å²) in [4.78, 5) is 12.5. The average Bonchev–Trinajstić information content (AvgIpc) is 3.29. The summed E-state index contributed by atoms with van der Waals surface area (Å²) in [6.07, 6.45) is 2.98. The molecule has 0 fully saturated rings. The number of nitrogens with one attached hydrogen (secondary N) is 2. The van der Waals surface area contributed by atoms with Crippen LogP contribution in [0, 0.1) is 24.1 Å². The number of rotatable bonds is 3. The molecule has 27 heavy (non-hydrogen) atoms. The van der Waals surface area contributed by atoms with Crippen LogP contribution in [0.2, 0.25) is 0 Å². The van der Waals surface area contributed by atoms with Crippen molar-refractivity contribution in [3.8, 4) is 11.8 Å². The monoisotopic (exact) mass is 360 g/mol. The molecule has 0 spiro atoms. The van der Waals surface area contributed by atoms with E-state index in [1.165, 1.54) is 23.0 Å². The number of nitrogens with zero attached hydrogens (tertiary/aromatic N) is 4. The minimum absolute atomic E-state index is 0.334. The first-order valence-corrected chi connectivity index (χ1v) is 8.06. The molecule has 7 nitrogen and oxygen atoms in total. The number of aromatic nitrogens is 4. The Morgan fingerprint density at radius 3 is 2.81 bits per heavy atom. The van der Waals surface area contributed by atoms with Crippen LogP contribution in [0.15, 0.2) is 48.8 Å². The maximum absolute atomic E-state index is 13.0. The van der Waals surface area contributed by atoms with Gasteiger partial charge in [-0.05, 0) is 48.9 Å². The third kappa shape index (κ3) is 3.02. The number of hydrogen-bond donors (Lipinski definition) is 2. The molecule has 2 aromatic heterocycles. The second kappa shape index (κ2) is 6.38. The first kappa shape index (κ1) is 16.5. The van der Waals surface area contributed by atoms with Crippen molar-refractivity contribution in [2.24, 2.45) is 0 Å². The van der Waals surface area contributed by atoms with Crippen LogP contribution in [0.25, 0.3) is 16.6 Å². The first-order valence-electron chi connectivity index (χ1n) is 8.06. The van der Waals surface area contributed by atoms with Crippen LogP contribution >= 0.6 is 0 Å². The quantitative estimate of drug-likeness (QED) is 0.585. The minimum atomic E-state index is -0.376. The number of amides is 1. The minimum Gasteiger partial charge on any atom is -0.304 e. The van der Waals surface area contributed by atoms with E-state index in [-0.39, 0.29) is 11.7 Å².